The third-order valence-electron chi connectivity index (χ3n) is 14.4. The van der Waals surface area contributed by atoms with Crippen LogP contribution in [0.15, 0.2) is 70.8 Å². The molecule has 0 aliphatic carbocycles. The van der Waals surface area contributed by atoms with Crippen molar-refractivity contribution in [2.24, 2.45) is 33.7 Å². The monoisotopic (exact) mass is 882 g/mol. The molecule has 6 aliphatic heterocycles. The van der Waals surface area contributed by atoms with E-state index < -0.39 is 24.3 Å². The van der Waals surface area contributed by atoms with Crippen LogP contribution in [0.4, 0.5) is 15.3 Å². The summed E-state index contributed by atoms with van der Waals surface area (Å²) in [6.45, 7) is 13.3. The van der Waals surface area contributed by atoms with Gasteiger partial charge in [-0.1, -0.05) is 84.0 Å². The maximum absolute atomic E-state index is 14.0. The molecular formula is C52H62N6O7. The van der Waals surface area contributed by atoms with Crippen LogP contribution in [0.25, 0.3) is 27.8 Å². The molecule has 8 atom stereocenters. The number of nitrogens with zero attached hydrogens (tertiary/aromatic N) is 4. The number of amides is 4. The molecule has 2 N–H and O–H groups in total. The van der Waals surface area contributed by atoms with E-state index in [0.29, 0.717) is 37.8 Å². The van der Waals surface area contributed by atoms with Crippen molar-refractivity contribution in [3.05, 3.63) is 83.1 Å². The van der Waals surface area contributed by atoms with Gasteiger partial charge < -0.3 is 34.6 Å². The number of fused-ring (bicyclic) bond motifs is 6. The van der Waals surface area contributed by atoms with E-state index in [-0.39, 0.29) is 47.9 Å². The van der Waals surface area contributed by atoms with Crippen LogP contribution in [-0.4, -0.2) is 96.7 Å². The van der Waals surface area contributed by atoms with Crippen LogP contribution in [0.2, 0.25) is 0 Å². The average molecular weight is 883 g/mol. The van der Waals surface area contributed by atoms with Crippen molar-refractivity contribution in [3.63, 3.8) is 0 Å². The van der Waals surface area contributed by atoms with Crippen molar-refractivity contribution in [2.75, 3.05) is 27.3 Å². The second-order valence-electron chi connectivity index (χ2n) is 19.7. The number of hydrogen-bond donors (Lipinski definition) is 2. The zero-order valence-electron chi connectivity index (χ0n) is 38.9. The number of likely N-dealkylation sites (tertiary alicyclic amines) is 2. The van der Waals surface area contributed by atoms with E-state index >= 15 is 0 Å². The van der Waals surface area contributed by atoms with Crippen molar-refractivity contribution in [3.8, 4) is 22.3 Å². The largest absolute Gasteiger partial charge is 0.453 e. The summed E-state index contributed by atoms with van der Waals surface area (Å²) in [4.78, 5) is 65.9. The lowest BCUT2D eigenvalue weighted by molar-refractivity contribution is -0.135. The second kappa shape index (κ2) is 17.9. The van der Waals surface area contributed by atoms with E-state index in [1.54, 1.807) is 0 Å². The van der Waals surface area contributed by atoms with E-state index in [2.05, 4.69) is 79.1 Å². The Morgan fingerprint density at radius 1 is 0.677 bits per heavy atom. The highest BCUT2D eigenvalue weighted by molar-refractivity contribution is 6.04. The predicted octanol–water partition coefficient (Wildman–Crippen LogP) is 8.98. The van der Waals surface area contributed by atoms with Crippen molar-refractivity contribution >= 4 is 46.7 Å². The molecule has 3 saturated heterocycles. The Balaban J connectivity index is 0.908. The number of aliphatic imine (C=N–C) groups is 2. The smallest absolute Gasteiger partial charge is 0.407 e. The summed E-state index contributed by atoms with van der Waals surface area (Å²) in [5.74, 6) is 0.235. The molecule has 0 aromatic heterocycles. The topological polar surface area (TPSA) is 151 Å². The molecule has 3 fully saturated rings. The van der Waals surface area contributed by atoms with Gasteiger partial charge in [0.15, 0.2) is 0 Å². The number of carbonyl (C=O) groups is 4. The molecule has 0 radical (unpaired) electrons. The standard InChI is InChI=1S/C52H62N6O7/c1-27(2)47(55-51(61)63-7)49(59)57-25-29(5)19-41(57)39-23-35(24-53-39)31-9-11-32(12-10-31)36-14-15-37(46-44-18-17-43(65-44)45(36)46)33-13-16-38-34(21-33)22-40(54-38)42-20-30(6)26-58(42)50(60)48(28(3)4)56-52(62)64-8/h9-16,21,24,27-30,41-44,47-48H,17-20,22-23,25-26H2,1-8H3,(H,55,61)(H,56,62)/t29-,30-,41-,42-,43?,44?,47-,48-/m0/s1. The van der Waals surface area contributed by atoms with Crippen molar-refractivity contribution in [1.29, 1.82) is 0 Å². The van der Waals surface area contributed by atoms with Gasteiger partial charge in [0, 0.05) is 43.6 Å². The molecule has 9 rings (SSSR count). The lowest BCUT2D eigenvalue weighted by atomic mass is 9.81. The SMILES string of the molecule is COC(=O)N[C@H](C(=O)N1C[C@@H](C)C[C@H]1C1=NC=C(c2ccc(-c3ccc(-c4ccc5c(c4)CC([C@@H]4C[C@H](C)CN4C(=O)[C@@H](NC(=O)OC)C(C)C)=N5)c4c3C3CCC4O3)cc2)C1)C(C)C. The predicted molar refractivity (Wildman–Crippen MR) is 251 cm³/mol. The molecule has 13 heteroatoms. The Hall–Kier alpha value is -5.82. The number of rotatable bonds is 11. The molecule has 3 aromatic rings. The first-order valence-electron chi connectivity index (χ1n) is 23.4. The van der Waals surface area contributed by atoms with Gasteiger partial charge in [0.2, 0.25) is 11.8 Å². The van der Waals surface area contributed by atoms with Crippen LogP contribution in [0.3, 0.4) is 0 Å². The fraction of sp³-hybridized carbons (Fsp3) is 0.500. The minimum Gasteiger partial charge on any atom is -0.453 e. The van der Waals surface area contributed by atoms with Gasteiger partial charge in [-0.05, 0) is 112 Å². The van der Waals surface area contributed by atoms with Crippen LogP contribution < -0.4 is 10.6 Å². The van der Waals surface area contributed by atoms with Crippen LogP contribution in [0.1, 0.15) is 108 Å². The number of ether oxygens (including phenoxy) is 3. The van der Waals surface area contributed by atoms with Gasteiger partial charge >= 0.3 is 12.2 Å². The number of nitrogens with one attached hydrogen (secondary N) is 2. The average Bonchev–Trinajstić information content (AvgIpc) is 4.17. The first-order chi connectivity index (χ1) is 31.2. The quantitative estimate of drug-likeness (QED) is 0.195. The number of alkyl carbamates (subject to hydrolysis) is 2. The molecule has 0 saturated carbocycles. The van der Waals surface area contributed by atoms with Gasteiger partial charge in [-0.15, -0.1) is 0 Å². The zero-order valence-corrected chi connectivity index (χ0v) is 38.9. The summed E-state index contributed by atoms with van der Waals surface area (Å²) in [5, 5.41) is 5.52. The molecule has 3 aromatic carbocycles. The minimum absolute atomic E-state index is 0.0485. The summed E-state index contributed by atoms with van der Waals surface area (Å²) in [5.41, 5.74) is 13.5. The minimum atomic E-state index is -0.681. The molecule has 2 unspecified atom stereocenters. The van der Waals surface area contributed by atoms with Crippen LogP contribution in [0, 0.1) is 23.7 Å². The van der Waals surface area contributed by atoms with Crippen molar-refractivity contribution in [1.82, 2.24) is 20.4 Å². The highest BCUT2D eigenvalue weighted by atomic mass is 16.5. The zero-order chi connectivity index (χ0) is 45.8. The first-order valence-corrected chi connectivity index (χ1v) is 23.4. The summed E-state index contributed by atoms with van der Waals surface area (Å²) >= 11 is 0. The lowest BCUT2D eigenvalue weighted by Crippen LogP contribution is -2.53. The summed E-state index contributed by atoms with van der Waals surface area (Å²) in [6.07, 6.45) is 5.82. The number of allylic oxidation sites excluding steroid dienone is 1. The number of benzene rings is 3. The van der Waals surface area contributed by atoms with E-state index in [0.717, 1.165) is 70.6 Å². The van der Waals surface area contributed by atoms with Crippen molar-refractivity contribution < 1.29 is 33.4 Å². The first kappa shape index (κ1) is 44.4. The van der Waals surface area contributed by atoms with Crippen molar-refractivity contribution in [2.45, 2.75) is 116 Å². The van der Waals surface area contributed by atoms with Gasteiger partial charge in [0.05, 0.1) is 44.2 Å². The molecule has 342 valence electrons. The lowest BCUT2D eigenvalue weighted by Gasteiger charge is -2.31. The van der Waals surface area contributed by atoms with Crippen LogP contribution in [0.5, 0.6) is 0 Å². The van der Waals surface area contributed by atoms with E-state index in [1.165, 1.54) is 36.5 Å². The third kappa shape index (κ3) is 8.36. The Bertz CT molecular complexity index is 2490. The molecule has 2 bridgehead atoms. The molecular weight excluding hydrogens is 821 g/mol. The van der Waals surface area contributed by atoms with E-state index in [4.69, 9.17) is 24.2 Å². The van der Waals surface area contributed by atoms with E-state index in [9.17, 15) is 19.2 Å². The number of hydrogen-bond acceptors (Lipinski definition) is 9. The molecule has 6 heterocycles. The Labute approximate surface area is 382 Å². The normalized spacial score (nSPS) is 25.0. The summed E-state index contributed by atoms with van der Waals surface area (Å²) < 4.78 is 16.3. The fourth-order valence-corrected chi connectivity index (χ4v) is 11.1. The number of carbonyl (C=O) groups excluding carboxylic acids is 4. The Kier molecular flexibility index (Phi) is 12.2. The van der Waals surface area contributed by atoms with Crippen LogP contribution in [-0.2, 0) is 30.2 Å². The maximum Gasteiger partial charge on any atom is 0.407 e. The molecule has 65 heavy (non-hydrogen) atoms. The van der Waals surface area contributed by atoms with Gasteiger partial charge in [0.25, 0.3) is 0 Å². The second-order valence-corrected chi connectivity index (χ2v) is 19.7. The highest BCUT2D eigenvalue weighted by Crippen LogP contribution is 2.56. The third-order valence-corrected chi connectivity index (χ3v) is 14.4. The summed E-state index contributed by atoms with van der Waals surface area (Å²) in [6, 6.07) is 18.2. The van der Waals surface area contributed by atoms with Gasteiger partial charge in [0.1, 0.15) is 12.1 Å². The highest BCUT2D eigenvalue weighted by Gasteiger charge is 2.44. The molecule has 13 nitrogen and oxygen atoms in total. The number of methoxy groups -OCH3 is 2. The Morgan fingerprint density at radius 2 is 1.18 bits per heavy atom. The van der Waals surface area contributed by atoms with Gasteiger partial charge in [-0.25, -0.2) is 9.59 Å². The van der Waals surface area contributed by atoms with E-state index in [1.807, 2.05) is 43.7 Å². The molecule has 4 amide bonds. The van der Waals surface area contributed by atoms with Gasteiger partial charge in [-0.2, -0.15) is 0 Å². The summed E-state index contributed by atoms with van der Waals surface area (Å²) in [7, 11) is 2.62. The molecule has 6 aliphatic rings. The van der Waals surface area contributed by atoms with Crippen LogP contribution >= 0.6 is 0 Å². The molecule has 0 spiro atoms. The van der Waals surface area contributed by atoms with Gasteiger partial charge in [-0.3, -0.25) is 19.6 Å². The maximum atomic E-state index is 14.0. The fourth-order valence-electron chi connectivity index (χ4n) is 11.1. The Morgan fingerprint density at radius 3 is 1.72 bits per heavy atom.